The number of aromatic nitrogens is 3. The van der Waals surface area contributed by atoms with Crippen LogP contribution in [-0.2, 0) is 0 Å². The Hall–Kier alpha value is -5.41. The van der Waals surface area contributed by atoms with Crippen LogP contribution in [0, 0.1) is 0 Å². The van der Waals surface area contributed by atoms with Gasteiger partial charge in [0.1, 0.15) is 11.6 Å². The molecule has 0 aliphatic carbocycles. The van der Waals surface area contributed by atoms with Crippen molar-refractivity contribution in [2.75, 3.05) is 0 Å². The van der Waals surface area contributed by atoms with E-state index in [0.29, 0.717) is 0 Å². The van der Waals surface area contributed by atoms with Crippen LogP contribution in [0.4, 0.5) is 0 Å². The number of benzene rings is 5. The average Bonchev–Trinajstić information content (AvgIpc) is 3.54. The predicted octanol–water partition coefficient (Wildman–Crippen LogP) is 9.59. The summed E-state index contributed by atoms with van der Waals surface area (Å²) in [7, 11) is 0. The highest BCUT2D eigenvalue weighted by molar-refractivity contribution is 6.11. The second-order valence-corrected chi connectivity index (χ2v) is 10.1. The molecule has 0 saturated carbocycles. The minimum atomic E-state index is 0.897. The Kier molecular flexibility index (Phi) is 4.98. The summed E-state index contributed by atoms with van der Waals surface area (Å²) in [5.41, 5.74) is 8.10. The van der Waals surface area contributed by atoms with Gasteiger partial charge in [-0.3, -0.25) is 9.13 Å². The first kappa shape index (κ1) is 22.6. The molecule has 0 aliphatic rings. The molecule has 3 heteroatoms. The molecule has 3 heterocycles. The number of nitrogens with zero attached hydrogens (tertiary/aromatic N) is 3. The minimum absolute atomic E-state index is 0.897. The van der Waals surface area contributed by atoms with E-state index in [1.54, 1.807) is 0 Å². The van der Waals surface area contributed by atoms with Crippen molar-refractivity contribution in [2.45, 2.75) is 0 Å². The molecule has 0 unspecified atom stereocenters. The number of hydrogen-bond donors (Lipinski definition) is 0. The molecule has 8 rings (SSSR count). The SMILES string of the molecule is C=Cc1ccc(-c2ccc3c(c2)c2ccccc2n3-c2cccc(-n3c4ccccc4c4ccccc43)n2)cc1. The second kappa shape index (κ2) is 8.82. The van der Waals surface area contributed by atoms with E-state index in [4.69, 9.17) is 4.98 Å². The second-order valence-electron chi connectivity index (χ2n) is 10.1. The Morgan fingerprint density at radius 2 is 0.925 bits per heavy atom. The lowest BCUT2D eigenvalue weighted by atomic mass is 10.0. The van der Waals surface area contributed by atoms with Gasteiger partial charge in [-0.05, 0) is 59.2 Å². The molecule has 0 spiro atoms. The summed E-state index contributed by atoms with van der Waals surface area (Å²) >= 11 is 0. The van der Waals surface area contributed by atoms with Crippen LogP contribution >= 0.6 is 0 Å². The molecule has 0 fully saturated rings. The van der Waals surface area contributed by atoms with Gasteiger partial charge >= 0.3 is 0 Å². The van der Waals surface area contributed by atoms with Gasteiger partial charge in [-0.1, -0.05) is 104 Å². The standard InChI is InChI=1S/C37H25N3/c1-2-25-18-20-26(21-19-25)27-22-23-35-31(24-27)30-12-5-8-15-34(30)40(35)37-17-9-16-36(38-37)39-32-13-6-3-10-28(32)29-11-4-7-14-33(29)39/h2-24H,1H2. The summed E-state index contributed by atoms with van der Waals surface area (Å²) in [6, 6.07) is 47.3. The van der Waals surface area contributed by atoms with Gasteiger partial charge in [-0.25, -0.2) is 4.98 Å². The van der Waals surface area contributed by atoms with Crippen molar-refractivity contribution in [3.05, 3.63) is 146 Å². The van der Waals surface area contributed by atoms with Crippen LogP contribution in [0.25, 0.3) is 72.5 Å². The van der Waals surface area contributed by atoms with Gasteiger partial charge < -0.3 is 0 Å². The number of fused-ring (bicyclic) bond motifs is 6. The molecule has 0 bridgehead atoms. The van der Waals surface area contributed by atoms with Crippen molar-refractivity contribution in [1.29, 1.82) is 0 Å². The third-order valence-electron chi connectivity index (χ3n) is 7.91. The van der Waals surface area contributed by atoms with Gasteiger partial charge in [-0.2, -0.15) is 0 Å². The average molecular weight is 512 g/mol. The molecular weight excluding hydrogens is 486 g/mol. The molecule has 0 saturated heterocycles. The molecule has 40 heavy (non-hydrogen) atoms. The molecule has 0 radical (unpaired) electrons. The summed E-state index contributed by atoms with van der Waals surface area (Å²) in [5.74, 6) is 1.80. The molecule has 0 atom stereocenters. The Balaban J connectivity index is 1.35. The van der Waals surface area contributed by atoms with Crippen LogP contribution in [-0.4, -0.2) is 14.1 Å². The predicted molar refractivity (Wildman–Crippen MR) is 168 cm³/mol. The molecule has 0 amide bonds. The van der Waals surface area contributed by atoms with E-state index in [1.807, 2.05) is 6.08 Å². The zero-order valence-corrected chi connectivity index (χ0v) is 21.8. The molecule has 0 aliphatic heterocycles. The molecular formula is C37H25N3. The maximum absolute atomic E-state index is 5.27. The molecule has 3 aromatic heterocycles. The van der Waals surface area contributed by atoms with Crippen molar-refractivity contribution >= 4 is 49.7 Å². The van der Waals surface area contributed by atoms with Crippen molar-refractivity contribution in [1.82, 2.24) is 14.1 Å². The zero-order valence-electron chi connectivity index (χ0n) is 21.8. The first-order chi connectivity index (χ1) is 19.8. The highest BCUT2D eigenvalue weighted by Crippen LogP contribution is 2.36. The Morgan fingerprint density at radius 1 is 0.450 bits per heavy atom. The third-order valence-corrected chi connectivity index (χ3v) is 7.91. The Morgan fingerprint density at radius 3 is 1.48 bits per heavy atom. The number of para-hydroxylation sites is 3. The van der Waals surface area contributed by atoms with Crippen LogP contribution < -0.4 is 0 Å². The minimum Gasteiger partial charge on any atom is -0.294 e. The first-order valence-corrected chi connectivity index (χ1v) is 13.5. The van der Waals surface area contributed by atoms with Gasteiger partial charge in [0.2, 0.25) is 0 Å². The van der Waals surface area contributed by atoms with Crippen molar-refractivity contribution < 1.29 is 0 Å². The molecule has 3 nitrogen and oxygen atoms in total. The lowest BCUT2D eigenvalue weighted by Crippen LogP contribution is -2.03. The van der Waals surface area contributed by atoms with E-state index in [1.165, 1.54) is 32.7 Å². The third kappa shape index (κ3) is 3.35. The van der Waals surface area contributed by atoms with E-state index in [0.717, 1.165) is 39.3 Å². The van der Waals surface area contributed by atoms with Crippen molar-refractivity contribution in [3.63, 3.8) is 0 Å². The maximum atomic E-state index is 5.27. The van der Waals surface area contributed by atoms with E-state index in [9.17, 15) is 0 Å². The largest absolute Gasteiger partial charge is 0.294 e. The highest BCUT2D eigenvalue weighted by Gasteiger charge is 2.16. The smallest absolute Gasteiger partial charge is 0.140 e. The fraction of sp³-hybridized carbons (Fsp3) is 0. The summed E-state index contributed by atoms with van der Waals surface area (Å²) < 4.78 is 4.56. The molecule has 0 N–H and O–H groups in total. The molecule has 5 aromatic carbocycles. The van der Waals surface area contributed by atoms with Crippen LogP contribution in [0.5, 0.6) is 0 Å². The maximum Gasteiger partial charge on any atom is 0.140 e. The van der Waals surface area contributed by atoms with Crippen LogP contribution in [0.3, 0.4) is 0 Å². The fourth-order valence-electron chi connectivity index (χ4n) is 6.04. The van der Waals surface area contributed by atoms with Gasteiger partial charge in [-0.15, -0.1) is 0 Å². The molecule has 8 aromatic rings. The number of pyridine rings is 1. The number of hydrogen-bond acceptors (Lipinski definition) is 1. The van der Waals surface area contributed by atoms with Crippen molar-refractivity contribution in [2.24, 2.45) is 0 Å². The van der Waals surface area contributed by atoms with E-state index < -0.39 is 0 Å². The summed E-state index contributed by atoms with van der Waals surface area (Å²) in [5, 5.41) is 4.89. The van der Waals surface area contributed by atoms with E-state index in [2.05, 4.69) is 149 Å². The number of rotatable bonds is 4. The summed E-state index contributed by atoms with van der Waals surface area (Å²) in [6.07, 6.45) is 1.88. The van der Waals surface area contributed by atoms with Gasteiger partial charge in [0.15, 0.2) is 0 Å². The Bertz CT molecular complexity index is 2180. The normalized spacial score (nSPS) is 11.6. The van der Waals surface area contributed by atoms with Gasteiger partial charge in [0.25, 0.3) is 0 Å². The lowest BCUT2D eigenvalue weighted by molar-refractivity contribution is 1.01. The van der Waals surface area contributed by atoms with E-state index in [-0.39, 0.29) is 0 Å². The zero-order chi connectivity index (χ0) is 26.6. The van der Waals surface area contributed by atoms with Crippen LogP contribution in [0.2, 0.25) is 0 Å². The van der Waals surface area contributed by atoms with Gasteiger partial charge in [0.05, 0.1) is 22.1 Å². The summed E-state index contributed by atoms with van der Waals surface area (Å²) in [6.45, 7) is 3.88. The highest BCUT2D eigenvalue weighted by atomic mass is 15.1. The summed E-state index contributed by atoms with van der Waals surface area (Å²) in [4.78, 5) is 5.27. The van der Waals surface area contributed by atoms with Crippen molar-refractivity contribution in [3.8, 4) is 22.8 Å². The van der Waals surface area contributed by atoms with Gasteiger partial charge in [0, 0.05) is 21.5 Å². The van der Waals surface area contributed by atoms with E-state index >= 15 is 0 Å². The quantitative estimate of drug-likeness (QED) is 0.231. The monoisotopic (exact) mass is 511 g/mol. The molecule has 188 valence electrons. The van der Waals surface area contributed by atoms with Crippen LogP contribution in [0.15, 0.2) is 140 Å². The Labute approximate surface area is 231 Å². The first-order valence-electron chi connectivity index (χ1n) is 13.5. The lowest BCUT2D eigenvalue weighted by Gasteiger charge is -2.11. The van der Waals surface area contributed by atoms with Crippen LogP contribution in [0.1, 0.15) is 5.56 Å². The fourth-order valence-corrected chi connectivity index (χ4v) is 6.04. The topological polar surface area (TPSA) is 22.8 Å².